The molecule has 2 heterocycles. The third-order valence-electron chi connectivity index (χ3n) is 3.70. The Morgan fingerprint density at radius 2 is 2.19 bits per heavy atom. The zero-order valence-corrected chi connectivity index (χ0v) is 9.73. The monoisotopic (exact) mass is 216 g/mol. The lowest BCUT2D eigenvalue weighted by atomic mass is 9.80. The third-order valence-corrected chi connectivity index (χ3v) is 3.70. The molecule has 1 atom stereocenters. The summed E-state index contributed by atoms with van der Waals surface area (Å²) in [7, 11) is 3.88. The highest BCUT2D eigenvalue weighted by molar-refractivity contribution is 5.97. The van der Waals surface area contributed by atoms with E-state index in [0.717, 1.165) is 31.1 Å². The first-order valence-electron chi connectivity index (χ1n) is 5.67. The smallest absolute Gasteiger partial charge is 0.200 e. The lowest BCUT2D eigenvalue weighted by Gasteiger charge is -2.25. The zero-order valence-electron chi connectivity index (χ0n) is 9.73. The molecule has 0 bridgehead atoms. The highest BCUT2D eigenvalue weighted by Crippen LogP contribution is 2.45. The second kappa shape index (κ2) is 3.32. The van der Waals surface area contributed by atoms with Gasteiger partial charge in [0.05, 0.1) is 18.2 Å². The minimum Gasteiger partial charge on any atom is -0.483 e. The van der Waals surface area contributed by atoms with E-state index < -0.39 is 0 Å². The number of methoxy groups -OCH3 is 1. The molecular formula is C13H16N2O. The van der Waals surface area contributed by atoms with Crippen LogP contribution in [0.3, 0.4) is 0 Å². The minimum atomic E-state index is 0.0140. The quantitative estimate of drug-likeness (QED) is 0.662. The van der Waals surface area contributed by atoms with Gasteiger partial charge in [0.25, 0.3) is 0 Å². The van der Waals surface area contributed by atoms with Crippen molar-refractivity contribution in [3.8, 4) is 0 Å². The van der Waals surface area contributed by atoms with Gasteiger partial charge in [-0.25, -0.2) is 4.99 Å². The number of nitrogens with zero attached hydrogens (tertiary/aromatic N) is 2. The Hall–Kier alpha value is -1.35. The molecule has 1 unspecified atom stereocenters. The van der Waals surface area contributed by atoms with Gasteiger partial charge in [0.2, 0.25) is 5.90 Å². The Morgan fingerprint density at radius 1 is 1.38 bits per heavy atom. The third kappa shape index (κ3) is 1.15. The predicted molar refractivity (Wildman–Crippen MR) is 64.3 cm³/mol. The van der Waals surface area contributed by atoms with Gasteiger partial charge in [0.1, 0.15) is 0 Å². The van der Waals surface area contributed by atoms with E-state index in [-0.39, 0.29) is 5.41 Å². The second-order valence-electron chi connectivity index (χ2n) is 4.71. The molecule has 3 heteroatoms. The molecule has 84 valence electrons. The fraction of sp³-hybridized carbons (Fsp3) is 0.462. The molecule has 2 aliphatic heterocycles. The molecule has 0 N–H and O–H groups in total. The normalized spacial score (nSPS) is 28.2. The van der Waals surface area contributed by atoms with Gasteiger partial charge in [-0.05, 0) is 31.6 Å². The number of rotatable bonds is 0. The molecule has 1 aromatic rings. The standard InChI is InChI=1S/C13H16N2O/c1-15-8-7-13(9-15)10-5-3-4-6-11(10)14-12(13)16-2/h3-6H,7-9H2,1-2H3. The van der Waals surface area contributed by atoms with Crippen molar-refractivity contribution in [1.82, 2.24) is 4.90 Å². The van der Waals surface area contributed by atoms with Gasteiger partial charge in [-0.15, -0.1) is 0 Å². The Kier molecular flexibility index (Phi) is 2.04. The van der Waals surface area contributed by atoms with Crippen LogP contribution in [0, 0.1) is 0 Å². The van der Waals surface area contributed by atoms with Crippen molar-refractivity contribution in [2.45, 2.75) is 11.8 Å². The highest BCUT2D eigenvalue weighted by Gasteiger charge is 2.48. The van der Waals surface area contributed by atoms with Crippen molar-refractivity contribution in [2.75, 3.05) is 27.2 Å². The van der Waals surface area contributed by atoms with Gasteiger partial charge in [0.15, 0.2) is 0 Å². The fourth-order valence-electron chi connectivity index (χ4n) is 2.94. The van der Waals surface area contributed by atoms with Crippen molar-refractivity contribution in [2.24, 2.45) is 4.99 Å². The van der Waals surface area contributed by atoms with Crippen LogP contribution in [-0.2, 0) is 10.2 Å². The molecule has 1 saturated heterocycles. The summed E-state index contributed by atoms with van der Waals surface area (Å²) in [5.41, 5.74) is 2.42. The Morgan fingerprint density at radius 3 is 2.88 bits per heavy atom. The molecule has 1 spiro atoms. The van der Waals surface area contributed by atoms with Gasteiger partial charge in [-0.3, -0.25) is 0 Å². The number of likely N-dealkylation sites (N-methyl/N-ethyl adjacent to an activating group) is 1. The van der Waals surface area contributed by atoms with Gasteiger partial charge in [-0.1, -0.05) is 18.2 Å². The molecule has 1 fully saturated rings. The first-order chi connectivity index (χ1) is 7.76. The molecule has 3 rings (SSSR count). The van der Waals surface area contributed by atoms with E-state index in [0.29, 0.717) is 0 Å². The molecule has 0 aliphatic carbocycles. The first-order valence-corrected chi connectivity index (χ1v) is 5.67. The van der Waals surface area contributed by atoms with Crippen LogP contribution in [0.25, 0.3) is 0 Å². The second-order valence-corrected chi connectivity index (χ2v) is 4.71. The van der Waals surface area contributed by atoms with Crippen molar-refractivity contribution in [3.05, 3.63) is 29.8 Å². The minimum absolute atomic E-state index is 0.0140. The highest BCUT2D eigenvalue weighted by atomic mass is 16.5. The van der Waals surface area contributed by atoms with Crippen LogP contribution >= 0.6 is 0 Å². The SMILES string of the molecule is COC1=Nc2ccccc2C12CCN(C)C2. The number of aliphatic imine (C=N–C) groups is 1. The summed E-state index contributed by atoms with van der Waals surface area (Å²) < 4.78 is 5.50. The summed E-state index contributed by atoms with van der Waals surface area (Å²) in [5, 5.41) is 0. The van der Waals surface area contributed by atoms with Crippen LogP contribution in [0.1, 0.15) is 12.0 Å². The van der Waals surface area contributed by atoms with E-state index in [1.807, 2.05) is 6.07 Å². The topological polar surface area (TPSA) is 24.8 Å². The van der Waals surface area contributed by atoms with E-state index in [1.165, 1.54) is 5.56 Å². The van der Waals surface area contributed by atoms with E-state index >= 15 is 0 Å². The van der Waals surface area contributed by atoms with Crippen molar-refractivity contribution in [3.63, 3.8) is 0 Å². The summed E-state index contributed by atoms with van der Waals surface area (Å²) in [6.07, 6.45) is 1.10. The number of likely N-dealkylation sites (tertiary alicyclic amines) is 1. The molecule has 0 aromatic heterocycles. The van der Waals surface area contributed by atoms with Crippen LogP contribution in [0.15, 0.2) is 29.3 Å². The van der Waals surface area contributed by atoms with Gasteiger partial charge in [0, 0.05) is 6.54 Å². The number of para-hydroxylation sites is 1. The average molecular weight is 216 g/mol. The number of hydrogen-bond acceptors (Lipinski definition) is 3. The summed E-state index contributed by atoms with van der Waals surface area (Å²) in [6, 6.07) is 8.38. The lowest BCUT2D eigenvalue weighted by Crippen LogP contribution is -2.36. The molecule has 0 radical (unpaired) electrons. The van der Waals surface area contributed by atoms with Crippen LogP contribution in [0.2, 0.25) is 0 Å². The largest absolute Gasteiger partial charge is 0.483 e. The number of benzene rings is 1. The maximum Gasteiger partial charge on any atom is 0.200 e. The number of ether oxygens (including phenoxy) is 1. The molecule has 16 heavy (non-hydrogen) atoms. The van der Waals surface area contributed by atoms with E-state index in [1.54, 1.807) is 7.11 Å². The van der Waals surface area contributed by atoms with Gasteiger partial charge >= 0.3 is 0 Å². The van der Waals surface area contributed by atoms with E-state index in [4.69, 9.17) is 4.74 Å². The Balaban J connectivity index is 2.13. The van der Waals surface area contributed by atoms with Crippen molar-refractivity contribution < 1.29 is 4.74 Å². The number of fused-ring (bicyclic) bond motifs is 2. The maximum absolute atomic E-state index is 5.50. The molecule has 1 aromatic carbocycles. The average Bonchev–Trinajstić information content (AvgIpc) is 2.83. The maximum atomic E-state index is 5.50. The molecule has 0 saturated carbocycles. The van der Waals surface area contributed by atoms with Crippen LogP contribution in [0.4, 0.5) is 5.69 Å². The van der Waals surface area contributed by atoms with E-state index in [9.17, 15) is 0 Å². The molecule has 3 nitrogen and oxygen atoms in total. The fourth-order valence-corrected chi connectivity index (χ4v) is 2.94. The molecular weight excluding hydrogens is 200 g/mol. The first kappa shape index (κ1) is 9.85. The van der Waals surface area contributed by atoms with Crippen molar-refractivity contribution in [1.29, 1.82) is 0 Å². The van der Waals surface area contributed by atoms with Gasteiger partial charge < -0.3 is 9.64 Å². The Bertz CT molecular complexity index is 455. The predicted octanol–water partition coefficient (Wildman–Crippen LogP) is 1.95. The summed E-state index contributed by atoms with van der Waals surface area (Å²) in [5.74, 6) is 0.887. The lowest BCUT2D eigenvalue weighted by molar-refractivity contribution is 0.340. The van der Waals surface area contributed by atoms with E-state index in [2.05, 4.69) is 35.1 Å². The van der Waals surface area contributed by atoms with Crippen molar-refractivity contribution >= 4 is 11.6 Å². The number of hydrogen-bond donors (Lipinski definition) is 0. The zero-order chi connectivity index (χ0) is 11.2. The molecule has 0 amide bonds. The van der Waals surface area contributed by atoms with Gasteiger partial charge in [-0.2, -0.15) is 0 Å². The Labute approximate surface area is 95.7 Å². The summed E-state index contributed by atoms with van der Waals surface area (Å²) in [4.78, 5) is 6.95. The summed E-state index contributed by atoms with van der Waals surface area (Å²) in [6.45, 7) is 2.12. The van der Waals surface area contributed by atoms with Crippen LogP contribution < -0.4 is 0 Å². The summed E-state index contributed by atoms with van der Waals surface area (Å²) >= 11 is 0. The molecule has 2 aliphatic rings. The van der Waals surface area contributed by atoms with Crippen LogP contribution in [0.5, 0.6) is 0 Å². The van der Waals surface area contributed by atoms with Crippen LogP contribution in [-0.4, -0.2) is 38.0 Å².